The molecule has 2 nitrogen and oxygen atoms in total. The maximum Gasteiger partial charge on any atom is 0.0492 e. The van der Waals surface area contributed by atoms with Gasteiger partial charge in [0.15, 0.2) is 0 Å². The monoisotopic (exact) mass is 384 g/mol. The number of benzene rings is 1. The first-order chi connectivity index (χ1) is 10.2. The van der Waals surface area contributed by atoms with E-state index in [2.05, 4.69) is 43.7 Å². The average Bonchev–Trinajstić information content (AvgIpc) is 3.19. The van der Waals surface area contributed by atoms with E-state index in [0.717, 1.165) is 21.6 Å². The number of nitrogens with two attached hydrogens (primary N) is 1. The Balaban J connectivity index is 1.89. The van der Waals surface area contributed by atoms with Crippen molar-refractivity contribution in [3.63, 3.8) is 0 Å². The Morgan fingerprint density at radius 1 is 1.38 bits per heavy atom. The van der Waals surface area contributed by atoms with Crippen LogP contribution in [0, 0.1) is 0 Å². The Hall–Kier alpha value is -0.390. The van der Waals surface area contributed by atoms with Crippen LogP contribution in [-0.2, 0) is 6.54 Å². The van der Waals surface area contributed by atoms with Gasteiger partial charge in [0.2, 0.25) is 0 Å². The number of thiophene rings is 1. The topological polar surface area (TPSA) is 29.3 Å². The van der Waals surface area contributed by atoms with Gasteiger partial charge < -0.3 is 5.73 Å². The summed E-state index contributed by atoms with van der Waals surface area (Å²) in [5.74, 6) is 0. The van der Waals surface area contributed by atoms with E-state index < -0.39 is 0 Å². The zero-order valence-electron chi connectivity index (χ0n) is 11.6. The lowest BCUT2D eigenvalue weighted by Gasteiger charge is -2.32. The van der Waals surface area contributed by atoms with Crippen molar-refractivity contribution < 1.29 is 0 Å². The summed E-state index contributed by atoms with van der Waals surface area (Å²) >= 11 is 11.7. The van der Waals surface area contributed by atoms with Crippen LogP contribution < -0.4 is 5.73 Å². The third-order valence-electron chi connectivity index (χ3n) is 3.90. The van der Waals surface area contributed by atoms with E-state index >= 15 is 0 Å². The molecule has 2 aromatic rings. The Bertz CT molecular complexity index is 598. The van der Waals surface area contributed by atoms with Crippen molar-refractivity contribution in [2.75, 3.05) is 6.54 Å². The molecule has 0 amide bonds. The molecule has 0 aliphatic heterocycles. The maximum absolute atomic E-state index is 6.42. The Morgan fingerprint density at radius 3 is 2.81 bits per heavy atom. The molecule has 1 atom stereocenters. The second kappa shape index (κ2) is 6.80. The normalized spacial score (nSPS) is 16.4. The van der Waals surface area contributed by atoms with Crippen LogP contribution in [-0.4, -0.2) is 17.5 Å². The third-order valence-corrected chi connectivity index (χ3v) is 5.47. The first-order valence-electron chi connectivity index (χ1n) is 7.11. The van der Waals surface area contributed by atoms with Crippen LogP contribution >= 0.6 is 38.9 Å². The SMILES string of the molecule is NCC(c1cc(Br)ccc1Cl)N(Cc1ccsc1)C1CC1. The Morgan fingerprint density at radius 2 is 2.19 bits per heavy atom. The molecule has 1 aliphatic carbocycles. The molecule has 0 radical (unpaired) electrons. The second-order valence-corrected chi connectivity index (χ2v) is 7.56. The lowest BCUT2D eigenvalue weighted by atomic mass is 10.0. The summed E-state index contributed by atoms with van der Waals surface area (Å²) in [7, 11) is 0. The molecule has 1 aromatic carbocycles. The van der Waals surface area contributed by atoms with Gasteiger partial charge in [-0.2, -0.15) is 11.3 Å². The van der Waals surface area contributed by atoms with Gasteiger partial charge in [-0.3, -0.25) is 4.90 Å². The van der Waals surface area contributed by atoms with Crippen molar-refractivity contribution in [1.29, 1.82) is 0 Å². The molecule has 1 aromatic heterocycles. The van der Waals surface area contributed by atoms with Crippen LogP contribution in [0.5, 0.6) is 0 Å². The summed E-state index contributed by atoms with van der Waals surface area (Å²) in [6.45, 7) is 1.52. The molecule has 5 heteroatoms. The van der Waals surface area contributed by atoms with E-state index in [4.69, 9.17) is 17.3 Å². The van der Waals surface area contributed by atoms with Crippen molar-refractivity contribution in [3.05, 3.63) is 55.6 Å². The highest BCUT2D eigenvalue weighted by Crippen LogP contribution is 2.38. The molecule has 1 fully saturated rings. The summed E-state index contributed by atoms with van der Waals surface area (Å²) in [4.78, 5) is 2.51. The van der Waals surface area contributed by atoms with Crippen molar-refractivity contribution in [1.82, 2.24) is 4.90 Å². The molecular formula is C16H18BrClN2S. The predicted octanol–water partition coefficient (Wildman–Crippen LogP) is 4.83. The molecule has 0 saturated heterocycles. The Kier molecular flexibility index (Phi) is 5.02. The van der Waals surface area contributed by atoms with Gasteiger partial charge in [-0.05, 0) is 59.0 Å². The number of hydrogen-bond acceptors (Lipinski definition) is 3. The van der Waals surface area contributed by atoms with Crippen molar-refractivity contribution in [3.8, 4) is 0 Å². The molecule has 112 valence electrons. The first kappa shape index (κ1) is 15.5. The van der Waals surface area contributed by atoms with Crippen LogP contribution in [0.3, 0.4) is 0 Å². The first-order valence-corrected chi connectivity index (χ1v) is 9.22. The summed E-state index contributed by atoms with van der Waals surface area (Å²) < 4.78 is 1.05. The van der Waals surface area contributed by atoms with Gasteiger partial charge in [-0.1, -0.05) is 27.5 Å². The minimum Gasteiger partial charge on any atom is -0.329 e. The molecular weight excluding hydrogens is 368 g/mol. The fourth-order valence-electron chi connectivity index (χ4n) is 2.70. The molecule has 0 spiro atoms. The quantitative estimate of drug-likeness (QED) is 0.771. The van der Waals surface area contributed by atoms with E-state index in [9.17, 15) is 0 Å². The second-order valence-electron chi connectivity index (χ2n) is 5.45. The largest absolute Gasteiger partial charge is 0.329 e. The van der Waals surface area contributed by atoms with Crippen LogP contribution in [0.15, 0.2) is 39.5 Å². The summed E-state index contributed by atoms with van der Waals surface area (Å²) in [6, 6.07) is 9.01. The van der Waals surface area contributed by atoms with Gasteiger partial charge in [-0.15, -0.1) is 0 Å². The van der Waals surface area contributed by atoms with Gasteiger partial charge in [0, 0.05) is 34.7 Å². The molecule has 3 rings (SSSR count). The fraction of sp³-hybridized carbons (Fsp3) is 0.375. The molecule has 1 aliphatic rings. The molecule has 2 N–H and O–H groups in total. The van der Waals surface area contributed by atoms with Gasteiger partial charge in [0.1, 0.15) is 0 Å². The molecule has 21 heavy (non-hydrogen) atoms. The Labute approximate surface area is 143 Å². The van der Waals surface area contributed by atoms with E-state index in [1.807, 2.05) is 12.1 Å². The van der Waals surface area contributed by atoms with Crippen molar-refractivity contribution >= 4 is 38.9 Å². The predicted molar refractivity (Wildman–Crippen MR) is 93.8 cm³/mol. The van der Waals surface area contributed by atoms with E-state index in [1.165, 1.54) is 18.4 Å². The minimum absolute atomic E-state index is 0.169. The number of nitrogens with zero attached hydrogens (tertiary/aromatic N) is 1. The number of rotatable bonds is 6. The highest BCUT2D eigenvalue weighted by molar-refractivity contribution is 9.10. The molecule has 0 bridgehead atoms. The lowest BCUT2D eigenvalue weighted by Crippen LogP contribution is -2.35. The van der Waals surface area contributed by atoms with Crippen LogP contribution in [0.4, 0.5) is 0 Å². The summed E-state index contributed by atoms with van der Waals surface area (Å²) in [5, 5.41) is 5.14. The lowest BCUT2D eigenvalue weighted by molar-refractivity contribution is 0.182. The van der Waals surface area contributed by atoms with E-state index in [1.54, 1.807) is 11.3 Å². The van der Waals surface area contributed by atoms with Crippen LogP contribution in [0.1, 0.15) is 30.0 Å². The molecule has 1 saturated carbocycles. The van der Waals surface area contributed by atoms with Gasteiger partial charge >= 0.3 is 0 Å². The highest BCUT2D eigenvalue weighted by atomic mass is 79.9. The smallest absolute Gasteiger partial charge is 0.0492 e. The third kappa shape index (κ3) is 3.69. The van der Waals surface area contributed by atoms with Gasteiger partial charge in [-0.25, -0.2) is 0 Å². The zero-order chi connectivity index (χ0) is 14.8. The number of hydrogen-bond donors (Lipinski definition) is 1. The summed E-state index contributed by atoms with van der Waals surface area (Å²) in [6.07, 6.45) is 2.51. The van der Waals surface area contributed by atoms with Gasteiger partial charge in [0.25, 0.3) is 0 Å². The minimum atomic E-state index is 0.169. The average molecular weight is 386 g/mol. The zero-order valence-corrected chi connectivity index (χ0v) is 14.8. The van der Waals surface area contributed by atoms with Crippen LogP contribution in [0.2, 0.25) is 5.02 Å². The van der Waals surface area contributed by atoms with Gasteiger partial charge in [0.05, 0.1) is 0 Å². The van der Waals surface area contributed by atoms with E-state index in [-0.39, 0.29) is 6.04 Å². The van der Waals surface area contributed by atoms with Crippen LogP contribution in [0.25, 0.3) is 0 Å². The standard InChI is InChI=1S/C16H18BrClN2S/c17-12-1-4-15(18)14(7-12)16(8-19)20(13-2-3-13)9-11-5-6-21-10-11/h1,4-7,10,13,16H,2-3,8-9,19H2. The fourth-order valence-corrected chi connectivity index (χ4v) is 3.99. The summed E-state index contributed by atoms with van der Waals surface area (Å²) in [5.41, 5.74) is 8.59. The van der Waals surface area contributed by atoms with Crippen molar-refractivity contribution in [2.24, 2.45) is 5.73 Å². The maximum atomic E-state index is 6.42. The number of halogens is 2. The van der Waals surface area contributed by atoms with E-state index in [0.29, 0.717) is 12.6 Å². The van der Waals surface area contributed by atoms with Crippen molar-refractivity contribution in [2.45, 2.75) is 31.5 Å². The highest BCUT2D eigenvalue weighted by Gasteiger charge is 2.34. The molecule has 1 unspecified atom stereocenters. The molecule has 1 heterocycles.